The lowest BCUT2D eigenvalue weighted by Crippen LogP contribution is -2.03. The Morgan fingerprint density at radius 3 is 2.78 bits per heavy atom. The number of para-hydroxylation sites is 1. The van der Waals surface area contributed by atoms with E-state index in [0.717, 1.165) is 5.75 Å². The minimum absolute atomic E-state index is 0.230. The lowest BCUT2D eigenvalue weighted by atomic mass is 9.97. The van der Waals surface area contributed by atoms with Crippen LogP contribution in [-0.2, 0) is 0 Å². The van der Waals surface area contributed by atoms with E-state index in [-0.39, 0.29) is 5.92 Å². The van der Waals surface area contributed by atoms with E-state index in [2.05, 4.69) is 35.1 Å². The normalized spacial score (nSPS) is 18.3. The molecule has 1 atom stereocenters. The first-order chi connectivity index (χ1) is 8.86. The Bertz CT molecular complexity index is 491. The van der Waals surface area contributed by atoms with Crippen molar-refractivity contribution in [1.82, 2.24) is 4.72 Å². The number of hydrogen-bond acceptors (Lipinski definition) is 3. The van der Waals surface area contributed by atoms with Gasteiger partial charge in [-0.25, -0.2) is 0 Å². The maximum absolute atomic E-state index is 5.45. The summed E-state index contributed by atoms with van der Waals surface area (Å²) in [6.45, 7) is 0. The third kappa shape index (κ3) is 2.86. The van der Waals surface area contributed by atoms with Crippen molar-refractivity contribution in [3.05, 3.63) is 65.1 Å². The smallest absolute Gasteiger partial charge is 0.123 e. The Morgan fingerprint density at radius 1 is 1.17 bits per heavy atom. The Morgan fingerprint density at radius 2 is 2.00 bits per heavy atom. The van der Waals surface area contributed by atoms with Gasteiger partial charge in [0.25, 0.3) is 0 Å². The number of allylic oxidation sites excluding steroid dienone is 6. The first kappa shape index (κ1) is 13.0. The molecule has 1 N–H and O–H groups in total. The van der Waals surface area contributed by atoms with Gasteiger partial charge in [-0.2, -0.15) is 0 Å². The second kappa shape index (κ2) is 6.47. The average Bonchev–Trinajstić information content (AvgIpc) is 2.65. The predicted octanol–water partition coefficient (Wildman–Crippen LogP) is 3.66. The SMILES string of the molecule is CNSC1=CC=CC=CC1c1ccccc1OC. The highest BCUT2D eigenvalue weighted by atomic mass is 32.2. The van der Waals surface area contributed by atoms with Crippen LogP contribution in [0.25, 0.3) is 0 Å². The Hall–Kier alpha value is -1.45. The van der Waals surface area contributed by atoms with Crippen LogP contribution in [0.5, 0.6) is 5.75 Å². The van der Waals surface area contributed by atoms with Crippen LogP contribution in [0.15, 0.2) is 59.6 Å². The van der Waals surface area contributed by atoms with Crippen molar-refractivity contribution >= 4 is 11.9 Å². The zero-order valence-electron chi connectivity index (χ0n) is 10.6. The van der Waals surface area contributed by atoms with E-state index in [1.165, 1.54) is 10.5 Å². The van der Waals surface area contributed by atoms with E-state index in [0.29, 0.717) is 0 Å². The molecule has 0 heterocycles. The maximum Gasteiger partial charge on any atom is 0.123 e. The van der Waals surface area contributed by atoms with E-state index in [1.807, 2.05) is 31.3 Å². The van der Waals surface area contributed by atoms with E-state index in [4.69, 9.17) is 4.74 Å². The van der Waals surface area contributed by atoms with Crippen LogP contribution in [-0.4, -0.2) is 14.2 Å². The summed E-state index contributed by atoms with van der Waals surface area (Å²) < 4.78 is 8.60. The minimum atomic E-state index is 0.230. The molecule has 0 amide bonds. The number of nitrogens with one attached hydrogen (secondary N) is 1. The zero-order valence-corrected chi connectivity index (χ0v) is 11.4. The maximum atomic E-state index is 5.45. The summed E-state index contributed by atoms with van der Waals surface area (Å²) in [7, 11) is 3.65. The number of ether oxygens (including phenoxy) is 1. The quantitative estimate of drug-likeness (QED) is 0.834. The molecule has 0 bridgehead atoms. The monoisotopic (exact) mass is 259 g/mol. The van der Waals surface area contributed by atoms with Gasteiger partial charge in [0.05, 0.1) is 7.11 Å². The van der Waals surface area contributed by atoms with Gasteiger partial charge < -0.3 is 4.74 Å². The predicted molar refractivity (Wildman–Crippen MR) is 78.7 cm³/mol. The lowest BCUT2D eigenvalue weighted by Gasteiger charge is -2.18. The molecule has 1 aromatic carbocycles. The van der Waals surface area contributed by atoms with Crippen LogP contribution >= 0.6 is 11.9 Å². The topological polar surface area (TPSA) is 21.3 Å². The third-order valence-corrected chi connectivity index (χ3v) is 3.62. The van der Waals surface area contributed by atoms with Gasteiger partial charge in [-0.3, -0.25) is 4.72 Å². The molecule has 18 heavy (non-hydrogen) atoms. The summed E-state index contributed by atoms with van der Waals surface area (Å²) in [5.41, 5.74) is 1.19. The van der Waals surface area contributed by atoms with Gasteiger partial charge in [-0.05, 0) is 25.1 Å². The Kier molecular flexibility index (Phi) is 4.67. The van der Waals surface area contributed by atoms with E-state index >= 15 is 0 Å². The third-order valence-electron chi connectivity index (χ3n) is 2.79. The molecule has 2 rings (SSSR count). The van der Waals surface area contributed by atoms with Crippen molar-refractivity contribution in [3.8, 4) is 5.75 Å². The number of methoxy groups -OCH3 is 1. The fourth-order valence-corrected chi connectivity index (χ4v) is 2.70. The summed E-state index contributed by atoms with van der Waals surface area (Å²) in [4.78, 5) is 1.26. The molecule has 2 nitrogen and oxygen atoms in total. The van der Waals surface area contributed by atoms with Crippen LogP contribution in [0.4, 0.5) is 0 Å². The Balaban J connectivity index is 2.40. The average molecular weight is 259 g/mol. The highest BCUT2D eigenvalue weighted by Gasteiger charge is 2.18. The summed E-state index contributed by atoms with van der Waals surface area (Å²) in [5, 5.41) is 0. The molecule has 3 heteroatoms. The molecule has 0 saturated carbocycles. The van der Waals surface area contributed by atoms with Crippen molar-refractivity contribution in [2.24, 2.45) is 0 Å². The van der Waals surface area contributed by atoms with Crippen LogP contribution in [0.3, 0.4) is 0 Å². The number of benzene rings is 1. The van der Waals surface area contributed by atoms with E-state index in [1.54, 1.807) is 19.1 Å². The summed E-state index contributed by atoms with van der Waals surface area (Å²) in [6, 6.07) is 8.16. The van der Waals surface area contributed by atoms with Crippen LogP contribution < -0.4 is 9.46 Å². The van der Waals surface area contributed by atoms with Gasteiger partial charge in [-0.1, -0.05) is 48.6 Å². The van der Waals surface area contributed by atoms with Gasteiger partial charge >= 0.3 is 0 Å². The van der Waals surface area contributed by atoms with Gasteiger partial charge in [0.15, 0.2) is 0 Å². The molecule has 0 radical (unpaired) electrons. The van der Waals surface area contributed by atoms with Crippen molar-refractivity contribution in [2.45, 2.75) is 5.92 Å². The molecule has 1 unspecified atom stereocenters. The van der Waals surface area contributed by atoms with Crippen molar-refractivity contribution in [3.63, 3.8) is 0 Å². The molecule has 94 valence electrons. The molecule has 1 aliphatic carbocycles. The van der Waals surface area contributed by atoms with Crippen molar-refractivity contribution < 1.29 is 4.74 Å². The van der Waals surface area contributed by atoms with Crippen molar-refractivity contribution in [2.75, 3.05) is 14.2 Å². The molecular weight excluding hydrogens is 242 g/mol. The summed E-state index contributed by atoms with van der Waals surface area (Å²) >= 11 is 1.64. The van der Waals surface area contributed by atoms with Gasteiger partial charge in [0.2, 0.25) is 0 Å². The fourth-order valence-electron chi connectivity index (χ4n) is 1.98. The standard InChI is InChI=1S/C15H17NOS/c1-16-18-15-11-5-3-4-9-13(15)12-8-6-7-10-14(12)17-2/h3-11,13,16H,1-2H3. The minimum Gasteiger partial charge on any atom is -0.496 e. The second-order valence-electron chi connectivity index (χ2n) is 3.86. The molecule has 0 spiro atoms. The number of hydrogen-bond donors (Lipinski definition) is 1. The first-order valence-electron chi connectivity index (χ1n) is 5.88. The molecular formula is C15H17NOS. The van der Waals surface area contributed by atoms with Crippen molar-refractivity contribution in [1.29, 1.82) is 0 Å². The number of rotatable bonds is 4. The zero-order chi connectivity index (χ0) is 12.8. The van der Waals surface area contributed by atoms with E-state index in [9.17, 15) is 0 Å². The van der Waals surface area contributed by atoms with Crippen LogP contribution in [0.1, 0.15) is 11.5 Å². The van der Waals surface area contributed by atoms with Gasteiger partial charge in [-0.15, -0.1) is 0 Å². The fraction of sp³-hybridized carbons (Fsp3) is 0.200. The molecule has 0 aliphatic heterocycles. The molecule has 1 aliphatic rings. The second-order valence-corrected chi connectivity index (χ2v) is 4.95. The Labute approximate surface area is 113 Å². The molecule has 0 aromatic heterocycles. The van der Waals surface area contributed by atoms with Crippen LogP contribution in [0, 0.1) is 0 Å². The first-order valence-corrected chi connectivity index (χ1v) is 6.70. The lowest BCUT2D eigenvalue weighted by molar-refractivity contribution is 0.409. The molecule has 0 fully saturated rings. The van der Waals surface area contributed by atoms with Gasteiger partial charge in [0, 0.05) is 16.4 Å². The highest BCUT2D eigenvalue weighted by molar-refractivity contribution is 8.01. The highest BCUT2D eigenvalue weighted by Crippen LogP contribution is 2.37. The molecule has 1 aromatic rings. The summed E-state index contributed by atoms with van der Waals surface area (Å²) in [6.07, 6.45) is 10.5. The summed E-state index contributed by atoms with van der Waals surface area (Å²) in [5.74, 6) is 1.16. The van der Waals surface area contributed by atoms with E-state index < -0.39 is 0 Å². The van der Waals surface area contributed by atoms with Crippen LogP contribution in [0.2, 0.25) is 0 Å². The van der Waals surface area contributed by atoms with Gasteiger partial charge in [0.1, 0.15) is 5.75 Å². The largest absolute Gasteiger partial charge is 0.496 e. The molecule has 0 saturated heterocycles.